The number of hydrogen-bond acceptors (Lipinski definition) is 3. The Labute approximate surface area is 178 Å². The summed E-state index contributed by atoms with van der Waals surface area (Å²) in [5.41, 5.74) is 1.72. The van der Waals surface area contributed by atoms with Crippen LogP contribution >= 0.6 is 11.6 Å². The summed E-state index contributed by atoms with van der Waals surface area (Å²) in [6.45, 7) is 5.34. The van der Waals surface area contributed by atoms with E-state index in [4.69, 9.17) is 11.6 Å². The molecule has 156 valence electrons. The van der Waals surface area contributed by atoms with Crippen LogP contribution in [0.25, 0.3) is 0 Å². The summed E-state index contributed by atoms with van der Waals surface area (Å²) in [5.74, 6) is 0.438. The molecule has 0 spiro atoms. The van der Waals surface area contributed by atoms with Crippen molar-refractivity contribution in [3.8, 4) is 0 Å². The molecule has 1 saturated heterocycles. The number of sulfonamides is 1. The van der Waals surface area contributed by atoms with Crippen LogP contribution in [-0.4, -0.2) is 43.2 Å². The van der Waals surface area contributed by atoms with Crippen LogP contribution in [0.2, 0.25) is 5.02 Å². The van der Waals surface area contributed by atoms with Crippen LogP contribution in [0, 0.1) is 12.8 Å². The molecule has 1 fully saturated rings. The van der Waals surface area contributed by atoms with E-state index in [1.165, 1.54) is 4.31 Å². The minimum atomic E-state index is -3.83. The lowest BCUT2D eigenvalue weighted by atomic mass is 9.99. The first-order chi connectivity index (χ1) is 13.8. The van der Waals surface area contributed by atoms with E-state index in [1.54, 1.807) is 47.4 Å². The van der Waals surface area contributed by atoms with Gasteiger partial charge in [0.15, 0.2) is 0 Å². The van der Waals surface area contributed by atoms with Crippen molar-refractivity contribution in [3.63, 3.8) is 0 Å². The highest BCUT2D eigenvalue weighted by Gasteiger charge is 2.29. The predicted molar refractivity (Wildman–Crippen MR) is 115 cm³/mol. The highest BCUT2D eigenvalue weighted by atomic mass is 35.5. The molecule has 0 aromatic heterocycles. The minimum absolute atomic E-state index is 0.0900. The van der Waals surface area contributed by atoms with Crippen molar-refractivity contribution in [3.05, 3.63) is 64.7 Å². The number of benzene rings is 2. The third kappa shape index (κ3) is 5.59. The lowest BCUT2D eigenvalue weighted by molar-refractivity contribution is -0.132. The molecule has 7 heteroatoms. The van der Waals surface area contributed by atoms with Gasteiger partial charge in [0.2, 0.25) is 15.9 Å². The average molecular weight is 435 g/mol. The third-order valence-electron chi connectivity index (χ3n) is 5.35. The Morgan fingerprint density at radius 3 is 2.41 bits per heavy atom. The fourth-order valence-corrected chi connectivity index (χ4v) is 5.02. The highest BCUT2D eigenvalue weighted by molar-refractivity contribution is 7.89. The third-order valence-corrected chi connectivity index (χ3v) is 7.40. The van der Waals surface area contributed by atoms with Gasteiger partial charge in [0.05, 0.1) is 11.4 Å². The molecule has 0 atom stereocenters. The number of hydrogen-bond donors (Lipinski definition) is 0. The van der Waals surface area contributed by atoms with Crippen molar-refractivity contribution in [2.75, 3.05) is 19.6 Å². The zero-order valence-electron chi connectivity index (χ0n) is 16.8. The highest BCUT2D eigenvalue weighted by Crippen LogP contribution is 2.22. The first-order valence-electron chi connectivity index (χ1n) is 9.85. The van der Waals surface area contributed by atoms with Crippen LogP contribution < -0.4 is 0 Å². The van der Waals surface area contributed by atoms with Gasteiger partial charge in [-0.05, 0) is 55.5 Å². The maximum Gasteiger partial charge on any atom is 0.243 e. The first-order valence-corrected chi connectivity index (χ1v) is 11.7. The summed E-state index contributed by atoms with van der Waals surface area (Å²) >= 11 is 6.07. The molecule has 0 bridgehead atoms. The molecular weight excluding hydrogens is 408 g/mol. The molecule has 0 unspecified atom stereocenters. The quantitative estimate of drug-likeness (QED) is 0.687. The zero-order chi connectivity index (χ0) is 21.0. The topological polar surface area (TPSA) is 57.7 Å². The lowest BCUT2D eigenvalue weighted by Crippen LogP contribution is -2.45. The summed E-state index contributed by atoms with van der Waals surface area (Å²) in [5, 5.41) is 0.534. The Morgan fingerprint density at radius 2 is 1.79 bits per heavy atom. The first kappa shape index (κ1) is 21.8. The minimum Gasteiger partial charge on any atom is -0.342 e. The van der Waals surface area contributed by atoms with Crippen molar-refractivity contribution >= 4 is 27.5 Å². The number of nitrogens with zero attached hydrogens (tertiary/aromatic N) is 2. The van der Waals surface area contributed by atoms with E-state index in [1.807, 2.05) is 13.0 Å². The van der Waals surface area contributed by atoms with Crippen LogP contribution in [0.1, 0.15) is 30.9 Å². The lowest BCUT2D eigenvalue weighted by Gasteiger charge is -2.32. The van der Waals surface area contributed by atoms with E-state index in [9.17, 15) is 13.2 Å². The molecule has 0 radical (unpaired) electrons. The maximum atomic E-state index is 13.3. The number of likely N-dealkylation sites (tertiary alicyclic amines) is 1. The Hall–Kier alpha value is -1.89. The largest absolute Gasteiger partial charge is 0.342 e. The summed E-state index contributed by atoms with van der Waals surface area (Å²) < 4.78 is 27.9. The Morgan fingerprint density at radius 1 is 1.14 bits per heavy atom. The number of amides is 1. The zero-order valence-corrected chi connectivity index (χ0v) is 18.4. The second-order valence-electron chi connectivity index (χ2n) is 7.78. The molecule has 0 aliphatic carbocycles. The van der Waals surface area contributed by atoms with Gasteiger partial charge in [-0.2, -0.15) is 4.31 Å². The maximum absolute atomic E-state index is 13.3. The number of carbonyl (C=O) groups is 1. The van der Waals surface area contributed by atoms with E-state index in [-0.39, 0.29) is 23.9 Å². The van der Waals surface area contributed by atoms with Crippen molar-refractivity contribution in [2.45, 2.75) is 38.1 Å². The van der Waals surface area contributed by atoms with E-state index in [0.29, 0.717) is 24.0 Å². The van der Waals surface area contributed by atoms with E-state index in [2.05, 4.69) is 6.92 Å². The van der Waals surface area contributed by atoms with Crippen LogP contribution in [0.3, 0.4) is 0 Å². The van der Waals surface area contributed by atoms with Crippen LogP contribution in [-0.2, 0) is 21.4 Å². The van der Waals surface area contributed by atoms with Crippen LogP contribution in [0.15, 0.2) is 53.4 Å². The van der Waals surface area contributed by atoms with Gasteiger partial charge in [-0.1, -0.05) is 48.4 Å². The SMILES string of the molecule is Cc1ccc(S(=O)(=O)N(CC(=O)N2CCC(C)CC2)Cc2cccc(Cl)c2)cc1. The van der Waals surface area contributed by atoms with E-state index in [0.717, 1.165) is 24.0 Å². The van der Waals surface area contributed by atoms with Crippen molar-refractivity contribution < 1.29 is 13.2 Å². The van der Waals surface area contributed by atoms with Crippen molar-refractivity contribution in [1.29, 1.82) is 0 Å². The smallest absolute Gasteiger partial charge is 0.243 e. The molecule has 0 saturated carbocycles. The molecule has 1 heterocycles. The van der Waals surface area contributed by atoms with Crippen molar-refractivity contribution in [2.24, 2.45) is 5.92 Å². The molecule has 3 rings (SSSR count). The summed E-state index contributed by atoms with van der Waals surface area (Å²) in [6, 6.07) is 13.8. The predicted octanol–water partition coefficient (Wildman–Crippen LogP) is 4.10. The van der Waals surface area contributed by atoms with Crippen molar-refractivity contribution in [1.82, 2.24) is 9.21 Å². The molecular formula is C22H27ClN2O3S. The Bertz CT molecular complexity index is 952. The second-order valence-corrected chi connectivity index (χ2v) is 10.2. The molecule has 2 aromatic carbocycles. The number of rotatable bonds is 6. The van der Waals surface area contributed by atoms with Gasteiger partial charge < -0.3 is 4.90 Å². The van der Waals surface area contributed by atoms with Gasteiger partial charge in [0.25, 0.3) is 0 Å². The van der Waals surface area contributed by atoms with Gasteiger partial charge >= 0.3 is 0 Å². The van der Waals surface area contributed by atoms with Crippen LogP contribution in [0.4, 0.5) is 0 Å². The average Bonchev–Trinajstić information content (AvgIpc) is 2.68. The number of carbonyl (C=O) groups excluding carboxylic acids is 1. The van der Waals surface area contributed by atoms with Gasteiger partial charge in [-0.25, -0.2) is 8.42 Å². The normalized spacial score (nSPS) is 15.7. The molecule has 1 aliphatic rings. The summed E-state index contributed by atoms with van der Waals surface area (Å²) in [7, 11) is -3.83. The second kappa shape index (κ2) is 9.28. The molecule has 0 N–H and O–H groups in total. The summed E-state index contributed by atoms with van der Waals surface area (Å²) in [4.78, 5) is 14.9. The van der Waals surface area contributed by atoms with Gasteiger partial charge in [0, 0.05) is 24.7 Å². The number of halogens is 1. The monoisotopic (exact) mass is 434 g/mol. The number of aryl methyl sites for hydroxylation is 1. The van der Waals surface area contributed by atoms with Gasteiger partial charge in [-0.15, -0.1) is 0 Å². The summed E-state index contributed by atoms with van der Waals surface area (Å²) in [6.07, 6.45) is 1.90. The Balaban J connectivity index is 1.86. The molecule has 2 aromatic rings. The molecule has 1 aliphatic heterocycles. The molecule has 29 heavy (non-hydrogen) atoms. The molecule has 5 nitrogen and oxygen atoms in total. The fourth-order valence-electron chi connectivity index (χ4n) is 3.43. The van der Waals surface area contributed by atoms with Gasteiger partial charge in [-0.3, -0.25) is 4.79 Å². The fraction of sp³-hybridized carbons (Fsp3) is 0.409. The van der Waals surface area contributed by atoms with Gasteiger partial charge in [0.1, 0.15) is 0 Å². The Kier molecular flexibility index (Phi) is 6.98. The van der Waals surface area contributed by atoms with E-state index < -0.39 is 10.0 Å². The van der Waals surface area contributed by atoms with E-state index >= 15 is 0 Å². The molecule has 1 amide bonds. The number of piperidine rings is 1. The van der Waals surface area contributed by atoms with Crippen LogP contribution in [0.5, 0.6) is 0 Å². The standard InChI is InChI=1S/C22H27ClN2O3S/c1-17-6-8-21(9-7-17)29(27,28)25(15-19-4-3-5-20(23)14-19)16-22(26)24-12-10-18(2)11-13-24/h3-9,14,18H,10-13,15-16H2,1-2H3.